The van der Waals surface area contributed by atoms with Crippen molar-refractivity contribution in [1.82, 2.24) is 15.0 Å². The third-order valence-electron chi connectivity index (χ3n) is 13.0. The van der Waals surface area contributed by atoms with E-state index in [0.29, 0.717) is 23.0 Å². The molecule has 0 fully saturated rings. The first kappa shape index (κ1) is 39.5. The summed E-state index contributed by atoms with van der Waals surface area (Å²) in [5.41, 5.74) is 13.3. The third kappa shape index (κ3) is 7.35. The molecule has 0 bridgehead atoms. The Morgan fingerprint density at radius 1 is 0.299 bits per heavy atom. The van der Waals surface area contributed by atoms with Crippen LogP contribution in [-0.4, -0.2) is 15.0 Å². The number of aryl methyl sites for hydroxylation is 1. The van der Waals surface area contributed by atoms with E-state index >= 15 is 0 Å². The zero-order valence-electron chi connectivity index (χ0n) is 36.7. The lowest BCUT2D eigenvalue weighted by molar-refractivity contribution is 1.07. The van der Waals surface area contributed by atoms with Crippen molar-refractivity contribution in [2.45, 2.75) is 6.92 Å². The fourth-order valence-electron chi connectivity index (χ4n) is 9.60. The van der Waals surface area contributed by atoms with Crippen molar-refractivity contribution in [2.24, 2.45) is 0 Å². The molecule has 312 valence electrons. The van der Waals surface area contributed by atoms with Gasteiger partial charge in [0.2, 0.25) is 0 Å². The van der Waals surface area contributed by atoms with Crippen molar-refractivity contribution in [3.8, 4) is 84.7 Å². The second kappa shape index (κ2) is 16.5. The first-order chi connectivity index (χ1) is 33.0. The molecule has 0 unspecified atom stereocenters. The Kier molecular flexibility index (Phi) is 9.74. The van der Waals surface area contributed by atoms with Gasteiger partial charge in [-0.05, 0) is 136 Å². The highest BCUT2D eigenvalue weighted by molar-refractivity contribution is 6.26. The van der Waals surface area contributed by atoms with Gasteiger partial charge in [-0.15, -0.1) is 0 Å². The molecule has 0 saturated carbocycles. The van der Waals surface area contributed by atoms with Crippen LogP contribution in [0.1, 0.15) is 11.1 Å². The molecule has 0 aliphatic rings. The molecule has 0 atom stereocenters. The number of nitriles is 1. The summed E-state index contributed by atoms with van der Waals surface area (Å²) in [6.07, 6.45) is 0. The molecule has 0 N–H and O–H groups in total. The van der Waals surface area contributed by atoms with Crippen LogP contribution in [0.25, 0.3) is 122 Å². The average Bonchev–Trinajstić information content (AvgIpc) is 3.40. The summed E-state index contributed by atoms with van der Waals surface area (Å²) in [6, 6.07) is 81.1. The topological polar surface area (TPSA) is 62.5 Å². The number of rotatable bonds is 7. The quantitative estimate of drug-likeness (QED) is 0.150. The normalized spacial score (nSPS) is 11.3. The smallest absolute Gasteiger partial charge is 0.164 e. The van der Waals surface area contributed by atoms with Crippen LogP contribution in [0.2, 0.25) is 0 Å². The van der Waals surface area contributed by atoms with E-state index in [2.05, 4.69) is 189 Å². The average molecular weight is 853 g/mol. The number of benzene rings is 11. The number of hydrogen-bond donors (Lipinski definition) is 0. The molecular formula is C63H40N4. The van der Waals surface area contributed by atoms with Crippen molar-refractivity contribution in [1.29, 1.82) is 5.26 Å². The molecule has 4 heteroatoms. The molecule has 1 heterocycles. The van der Waals surface area contributed by atoms with Crippen molar-refractivity contribution in [2.75, 3.05) is 0 Å². The fourth-order valence-corrected chi connectivity index (χ4v) is 9.60. The lowest BCUT2D eigenvalue weighted by Gasteiger charge is -2.14. The maximum absolute atomic E-state index is 10.3. The van der Waals surface area contributed by atoms with Crippen molar-refractivity contribution in [3.63, 3.8) is 0 Å². The van der Waals surface area contributed by atoms with Crippen LogP contribution in [0.4, 0.5) is 0 Å². The number of hydrogen-bond acceptors (Lipinski definition) is 4. The maximum atomic E-state index is 10.3. The zero-order chi connectivity index (χ0) is 44.8. The second-order valence-electron chi connectivity index (χ2n) is 17.2. The van der Waals surface area contributed by atoms with Crippen LogP contribution in [-0.2, 0) is 0 Å². The lowest BCUT2D eigenvalue weighted by Crippen LogP contribution is -2.00. The van der Waals surface area contributed by atoms with E-state index in [4.69, 9.17) is 15.0 Å². The first-order valence-electron chi connectivity index (χ1n) is 22.5. The van der Waals surface area contributed by atoms with E-state index in [1.54, 1.807) is 0 Å². The molecular weight excluding hydrogens is 813 g/mol. The van der Waals surface area contributed by atoms with E-state index in [-0.39, 0.29) is 0 Å². The molecule has 1 aromatic heterocycles. The van der Waals surface area contributed by atoms with Gasteiger partial charge in [0.15, 0.2) is 17.5 Å². The van der Waals surface area contributed by atoms with Gasteiger partial charge in [0.1, 0.15) is 0 Å². The SMILES string of the molecule is Cc1cccc2c3cc(-c4cc(C#N)cc(-c5ccc6ccc(-c7ccc(-c8nc(-c9ccccc9)nc(-c9ccc(-c%10ccccc%10)cc9)n8)cc7)cc6c5)c4)ccc3c3ccccc3c12. The minimum Gasteiger partial charge on any atom is -0.208 e. The Hall–Kier alpha value is -9.04. The van der Waals surface area contributed by atoms with E-state index in [0.717, 1.165) is 72.0 Å². The molecule has 0 saturated heterocycles. The van der Waals surface area contributed by atoms with Crippen molar-refractivity contribution in [3.05, 3.63) is 236 Å². The van der Waals surface area contributed by atoms with Gasteiger partial charge in [0.05, 0.1) is 11.6 Å². The Labute approximate surface area is 388 Å². The monoisotopic (exact) mass is 852 g/mol. The minimum atomic E-state index is 0.616. The van der Waals surface area contributed by atoms with Gasteiger partial charge in [-0.2, -0.15) is 5.26 Å². The summed E-state index contributed by atoms with van der Waals surface area (Å²) >= 11 is 0. The van der Waals surface area contributed by atoms with Crippen LogP contribution in [0.5, 0.6) is 0 Å². The summed E-state index contributed by atoms with van der Waals surface area (Å²) in [5, 5.41) is 20.0. The van der Waals surface area contributed by atoms with Crippen LogP contribution < -0.4 is 0 Å². The summed E-state index contributed by atoms with van der Waals surface area (Å²) < 4.78 is 0. The van der Waals surface area contributed by atoms with Gasteiger partial charge >= 0.3 is 0 Å². The molecule has 67 heavy (non-hydrogen) atoms. The molecule has 0 amide bonds. The Bertz CT molecular complexity index is 3910. The van der Waals surface area contributed by atoms with Gasteiger partial charge in [0, 0.05) is 16.7 Å². The summed E-state index contributed by atoms with van der Waals surface area (Å²) in [7, 11) is 0. The first-order valence-corrected chi connectivity index (χ1v) is 22.5. The molecule has 4 nitrogen and oxygen atoms in total. The molecule has 11 aromatic carbocycles. The largest absolute Gasteiger partial charge is 0.208 e. The molecule has 12 aromatic rings. The molecule has 0 spiro atoms. The van der Waals surface area contributed by atoms with Gasteiger partial charge in [-0.25, -0.2) is 15.0 Å². The number of aromatic nitrogens is 3. The third-order valence-corrected chi connectivity index (χ3v) is 13.0. The highest BCUT2D eigenvalue weighted by atomic mass is 15.0. The lowest BCUT2D eigenvalue weighted by atomic mass is 9.89. The van der Waals surface area contributed by atoms with Gasteiger partial charge in [-0.3, -0.25) is 0 Å². The fraction of sp³-hybridized carbons (Fsp3) is 0.0159. The van der Waals surface area contributed by atoms with Gasteiger partial charge < -0.3 is 0 Å². The summed E-state index contributed by atoms with van der Waals surface area (Å²) in [5.74, 6) is 1.87. The second-order valence-corrected chi connectivity index (χ2v) is 17.2. The van der Waals surface area contributed by atoms with Crippen molar-refractivity contribution < 1.29 is 0 Å². The standard InChI is InChI=1S/C63H40N4/c1-40-11-10-18-58-59-38-51(31-32-56(59)55-16-8-9-17-57(55)60(40)58)53-34-41(39-64)33-52(37-53)50-30-24-45-23-29-49(35-54(45)36-50)44-21-27-48(28-22-44)63-66-61(46-14-6-3-7-15-46)65-62(67-63)47-25-19-43(20-26-47)42-12-4-2-5-13-42/h2-38H,1H3. The van der Waals surface area contributed by atoms with Crippen LogP contribution in [0, 0.1) is 18.3 Å². The molecule has 0 aliphatic carbocycles. The molecule has 0 aliphatic heterocycles. The Balaban J connectivity index is 0.877. The molecule has 0 radical (unpaired) electrons. The summed E-state index contributed by atoms with van der Waals surface area (Å²) in [6.45, 7) is 2.19. The van der Waals surface area contributed by atoms with E-state index < -0.39 is 0 Å². The highest BCUT2D eigenvalue weighted by Gasteiger charge is 2.15. The number of nitrogens with zero attached hydrogens (tertiary/aromatic N) is 4. The highest BCUT2D eigenvalue weighted by Crippen LogP contribution is 2.40. The minimum absolute atomic E-state index is 0.616. The van der Waals surface area contributed by atoms with Crippen LogP contribution >= 0.6 is 0 Å². The molecule has 12 rings (SSSR count). The summed E-state index contributed by atoms with van der Waals surface area (Å²) in [4.78, 5) is 14.9. The Morgan fingerprint density at radius 2 is 0.716 bits per heavy atom. The van der Waals surface area contributed by atoms with E-state index in [9.17, 15) is 5.26 Å². The van der Waals surface area contributed by atoms with E-state index in [1.807, 2.05) is 48.5 Å². The predicted molar refractivity (Wildman–Crippen MR) is 277 cm³/mol. The van der Waals surface area contributed by atoms with E-state index in [1.165, 1.54) is 37.9 Å². The zero-order valence-corrected chi connectivity index (χ0v) is 36.7. The Morgan fingerprint density at radius 3 is 1.33 bits per heavy atom. The van der Waals surface area contributed by atoms with Gasteiger partial charge in [-0.1, -0.05) is 188 Å². The van der Waals surface area contributed by atoms with Crippen LogP contribution in [0.15, 0.2) is 224 Å². The predicted octanol–water partition coefficient (Wildman–Crippen LogP) is 16.3. The van der Waals surface area contributed by atoms with Crippen molar-refractivity contribution >= 4 is 43.1 Å². The van der Waals surface area contributed by atoms with Crippen LogP contribution in [0.3, 0.4) is 0 Å². The maximum Gasteiger partial charge on any atom is 0.164 e. The number of fused-ring (bicyclic) bond motifs is 7. The van der Waals surface area contributed by atoms with Gasteiger partial charge in [0.25, 0.3) is 0 Å².